The van der Waals surface area contributed by atoms with Crippen LogP contribution in [0.3, 0.4) is 0 Å². The van der Waals surface area contributed by atoms with Crippen LogP contribution in [0.1, 0.15) is 91.4 Å². The predicted octanol–water partition coefficient (Wildman–Crippen LogP) is 6.16. The van der Waals surface area contributed by atoms with E-state index < -0.39 is 29.8 Å². The number of halogens is 1. The fourth-order valence-corrected chi connectivity index (χ4v) is 3.66. The van der Waals surface area contributed by atoms with Crippen LogP contribution in [0.5, 0.6) is 17.4 Å². The number of hydrogen-bond donors (Lipinski definition) is 0. The van der Waals surface area contributed by atoms with Gasteiger partial charge in [0.2, 0.25) is 17.7 Å². The van der Waals surface area contributed by atoms with Crippen LogP contribution in [-0.4, -0.2) is 30.3 Å². The molecule has 1 fully saturated rings. The Balaban J connectivity index is 1.61. The minimum Gasteiger partial charge on any atom is -0.441 e. The molecule has 2 unspecified atom stereocenters. The third-order valence-electron chi connectivity index (χ3n) is 5.26. The highest BCUT2D eigenvalue weighted by Crippen LogP contribution is 2.54. The molecule has 8 heteroatoms. The van der Waals surface area contributed by atoms with Crippen LogP contribution in [0.4, 0.5) is 4.39 Å². The number of carbonyl (C=O) groups is 1. The summed E-state index contributed by atoms with van der Waals surface area (Å²) in [4.78, 5) is 12.4. The molecule has 0 aromatic carbocycles. The van der Waals surface area contributed by atoms with E-state index in [4.69, 9.17) is 28.1 Å². The molecule has 7 nitrogen and oxygen atoms in total. The fourth-order valence-electron chi connectivity index (χ4n) is 3.66. The van der Waals surface area contributed by atoms with E-state index in [-0.39, 0.29) is 29.8 Å². The molecule has 180 valence electrons. The third kappa shape index (κ3) is 6.25. The van der Waals surface area contributed by atoms with Crippen molar-refractivity contribution in [3.63, 3.8) is 0 Å². The zero-order valence-corrected chi connectivity index (χ0v) is 19.7. The molecule has 2 atom stereocenters. The number of furan rings is 1. The van der Waals surface area contributed by atoms with E-state index in [1.807, 2.05) is 0 Å². The summed E-state index contributed by atoms with van der Waals surface area (Å²) in [7, 11) is 0. The van der Waals surface area contributed by atoms with Crippen molar-refractivity contribution in [1.29, 1.82) is 0 Å². The second kappa shape index (κ2) is 10.3. The zero-order valence-electron chi connectivity index (χ0n) is 19.7. The molecule has 0 radical (unpaired) electrons. The monoisotopic (exact) mass is 454 g/mol. The number of alkyl halides is 1. The van der Waals surface area contributed by atoms with E-state index in [2.05, 4.69) is 6.92 Å². The molecule has 1 aromatic rings. The van der Waals surface area contributed by atoms with Gasteiger partial charge in [-0.25, -0.2) is 9.18 Å². The summed E-state index contributed by atoms with van der Waals surface area (Å²) in [5, 5.41) is 0. The summed E-state index contributed by atoms with van der Waals surface area (Å²) in [6, 6.07) is 0. The Morgan fingerprint density at radius 2 is 1.84 bits per heavy atom. The molecule has 3 rings (SSSR count). The molecular weight excluding hydrogens is 419 g/mol. The molecule has 0 amide bonds. The Bertz CT molecular complexity index is 812. The summed E-state index contributed by atoms with van der Waals surface area (Å²) in [6.45, 7) is 9.27. The van der Waals surface area contributed by atoms with Gasteiger partial charge in [0.15, 0.2) is 11.5 Å². The highest BCUT2D eigenvalue weighted by atomic mass is 19.1. The van der Waals surface area contributed by atoms with E-state index in [1.54, 1.807) is 33.8 Å². The van der Waals surface area contributed by atoms with Gasteiger partial charge in [-0.3, -0.25) is 0 Å². The molecule has 2 aliphatic heterocycles. The van der Waals surface area contributed by atoms with E-state index in [1.165, 1.54) is 31.8 Å². The highest BCUT2D eigenvalue weighted by Gasteiger charge is 2.45. The largest absolute Gasteiger partial charge is 0.441 e. The number of hydrogen-bond acceptors (Lipinski definition) is 7. The van der Waals surface area contributed by atoms with Gasteiger partial charge in [-0.05, 0) is 32.8 Å². The van der Waals surface area contributed by atoms with Gasteiger partial charge >= 0.3 is 11.9 Å². The number of esters is 1. The number of ether oxygens (including phenoxy) is 5. The van der Waals surface area contributed by atoms with Gasteiger partial charge in [-0.1, -0.05) is 45.1 Å². The van der Waals surface area contributed by atoms with Gasteiger partial charge in [-0.15, -0.1) is 0 Å². The molecule has 1 saturated heterocycles. The average Bonchev–Trinajstić information content (AvgIpc) is 3.33. The van der Waals surface area contributed by atoms with Crippen molar-refractivity contribution < 1.29 is 37.3 Å². The summed E-state index contributed by atoms with van der Waals surface area (Å²) < 4.78 is 48.3. The van der Waals surface area contributed by atoms with Gasteiger partial charge in [0.1, 0.15) is 6.10 Å². The smallest absolute Gasteiger partial charge is 0.350 e. The van der Waals surface area contributed by atoms with Crippen molar-refractivity contribution >= 4 is 5.97 Å². The molecule has 2 aliphatic rings. The SMILES string of the molecule is CCCCCCCC/C=C/C(F)C(=O)Oc1c(C2COC(C)(C)O2)oc2c1OC(C)(C)O2. The first-order valence-corrected chi connectivity index (χ1v) is 11.5. The molecule has 0 spiro atoms. The maximum absolute atomic E-state index is 14.5. The minimum atomic E-state index is -1.90. The number of fused-ring (bicyclic) bond motifs is 1. The Morgan fingerprint density at radius 1 is 1.12 bits per heavy atom. The van der Waals surface area contributed by atoms with Crippen molar-refractivity contribution in [3.05, 3.63) is 17.9 Å². The number of rotatable bonds is 11. The average molecular weight is 455 g/mol. The minimum absolute atomic E-state index is 0.0335. The summed E-state index contributed by atoms with van der Waals surface area (Å²) >= 11 is 0. The molecule has 0 N–H and O–H groups in total. The van der Waals surface area contributed by atoms with Crippen LogP contribution in [-0.2, 0) is 14.3 Å². The van der Waals surface area contributed by atoms with Crippen LogP contribution in [0.25, 0.3) is 0 Å². The van der Waals surface area contributed by atoms with E-state index in [0.29, 0.717) is 0 Å². The first-order valence-electron chi connectivity index (χ1n) is 11.5. The predicted molar refractivity (Wildman–Crippen MR) is 116 cm³/mol. The van der Waals surface area contributed by atoms with Crippen LogP contribution in [0.2, 0.25) is 0 Å². The topological polar surface area (TPSA) is 76.4 Å². The lowest BCUT2D eigenvalue weighted by molar-refractivity contribution is -0.143. The van der Waals surface area contributed by atoms with Crippen molar-refractivity contribution in [1.82, 2.24) is 0 Å². The number of carbonyl (C=O) groups excluding carboxylic acids is 1. The quantitative estimate of drug-likeness (QED) is 0.225. The maximum atomic E-state index is 14.5. The molecule has 1 aromatic heterocycles. The van der Waals surface area contributed by atoms with E-state index in [9.17, 15) is 9.18 Å². The molecular formula is C24H35FO7. The lowest BCUT2D eigenvalue weighted by atomic mass is 10.1. The Morgan fingerprint density at radius 3 is 2.53 bits per heavy atom. The molecule has 3 heterocycles. The summed E-state index contributed by atoms with van der Waals surface area (Å²) in [5.41, 5.74) is 0. The standard InChI is InChI=1S/C24H35FO7/c1-6-7-8-9-10-11-12-13-14-16(25)21(26)28-19-18(17-15-27-23(2,3)30-17)29-22-20(19)31-24(4,5)32-22/h13-14,16-17H,6-12,15H2,1-5H3/b14-13+. The Kier molecular flexibility index (Phi) is 7.88. The first-order chi connectivity index (χ1) is 15.1. The number of unbranched alkanes of at least 4 members (excludes halogenated alkanes) is 6. The second-order valence-electron chi connectivity index (χ2n) is 9.14. The fraction of sp³-hybridized carbons (Fsp3) is 0.708. The lowest BCUT2D eigenvalue weighted by Gasteiger charge is -2.19. The third-order valence-corrected chi connectivity index (χ3v) is 5.26. The van der Waals surface area contributed by atoms with Crippen LogP contribution in [0.15, 0.2) is 16.6 Å². The molecule has 0 aliphatic carbocycles. The molecule has 0 saturated carbocycles. The van der Waals surface area contributed by atoms with Gasteiger partial charge < -0.3 is 28.1 Å². The first kappa shape index (κ1) is 24.6. The van der Waals surface area contributed by atoms with Crippen molar-refractivity contribution in [2.24, 2.45) is 0 Å². The van der Waals surface area contributed by atoms with Crippen molar-refractivity contribution in [2.45, 2.75) is 103 Å². The van der Waals surface area contributed by atoms with Crippen molar-refractivity contribution in [2.75, 3.05) is 6.61 Å². The van der Waals surface area contributed by atoms with E-state index in [0.717, 1.165) is 19.3 Å². The summed E-state index contributed by atoms with van der Waals surface area (Å²) in [6.07, 6.45) is 8.02. The highest BCUT2D eigenvalue weighted by molar-refractivity contribution is 5.80. The van der Waals surface area contributed by atoms with Gasteiger partial charge in [-0.2, -0.15) is 0 Å². The summed E-state index contributed by atoms with van der Waals surface area (Å²) in [5.74, 6) is -2.55. The van der Waals surface area contributed by atoms with Crippen LogP contribution < -0.4 is 14.2 Å². The van der Waals surface area contributed by atoms with Crippen LogP contribution in [0, 0.1) is 0 Å². The van der Waals surface area contributed by atoms with Gasteiger partial charge in [0.25, 0.3) is 5.75 Å². The van der Waals surface area contributed by atoms with Crippen molar-refractivity contribution in [3.8, 4) is 17.4 Å². The second-order valence-corrected chi connectivity index (χ2v) is 9.14. The lowest BCUT2D eigenvalue weighted by Crippen LogP contribution is -2.30. The van der Waals surface area contributed by atoms with Gasteiger partial charge in [0, 0.05) is 13.8 Å². The van der Waals surface area contributed by atoms with Gasteiger partial charge in [0.05, 0.1) is 6.61 Å². The Hall–Kier alpha value is -2.06. The van der Waals surface area contributed by atoms with Crippen LogP contribution >= 0.6 is 0 Å². The number of allylic oxidation sites excluding steroid dienone is 1. The van der Waals surface area contributed by atoms with E-state index >= 15 is 0 Å². The zero-order chi connectivity index (χ0) is 23.4. The molecule has 32 heavy (non-hydrogen) atoms. The normalized spacial score (nSPS) is 21.9. The maximum Gasteiger partial charge on any atom is 0.350 e. The Labute approximate surface area is 189 Å². The molecule has 0 bridgehead atoms.